The molecule has 0 atom stereocenters. The first-order chi connectivity index (χ1) is 6.36. The van der Waals surface area contributed by atoms with E-state index in [0.29, 0.717) is 15.2 Å². The predicted octanol–water partition coefficient (Wildman–Crippen LogP) is 0.794. The number of rotatable bonds is 2. The second kappa shape index (κ2) is 3.67. The molecule has 0 spiro atoms. The smallest absolute Gasteiger partial charge is 0.237 e. The molecule has 0 saturated carbocycles. The maximum absolute atomic E-state index is 5.81. The second-order valence-corrected chi connectivity index (χ2v) is 3.34. The zero-order chi connectivity index (χ0) is 9.10. The summed E-state index contributed by atoms with van der Waals surface area (Å²) in [6.45, 7) is 0. The van der Waals surface area contributed by atoms with Crippen LogP contribution in [0.1, 0.15) is 0 Å². The van der Waals surface area contributed by atoms with E-state index in [2.05, 4.69) is 30.6 Å². The summed E-state index contributed by atoms with van der Waals surface area (Å²) in [6, 6.07) is 0. The fourth-order valence-electron chi connectivity index (χ4n) is 0.659. The van der Waals surface area contributed by atoms with Crippen LogP contribution in [0, 0.1) is 0 Å². The number of aromatic nitrogens is 6. The van der Waals surface area contributed by atoms with Crippen LogP contribution in [0.5, 0.6) is 0 Å². The Hall–Kier alpha value is -1.21. The Labute approximate surface area is 82.1 Å². The van der Waals surface area contributed by atoms with Crippen molar-refractivity contribution < 1.29 is 0 Å². The summed E-state index contributed by atoms with van der Waals surface area (Å²) in [6.07, 6.45) is 2.92. The van der Waals surface area contributed by atoms with Gasteiger partial charge in [0.1, 0.15) is 11.4 Å². The third-order valence-electron chi connectivity index (χ3n) is 1.15. The van der Waals surface area contributed by atoms with E-state index >= 15 is 0 Å². The molecule has 13 heavy (non-hydrogen) atoms. The molecule has 0 unspecified atom stereocenters. The Kier molecular flexibility index (Phi) is 2.37. The monoisotopic (exact) mass is 214 g/mol. The molecule has 0 aliphatic carbocycles. The molecule has 0 saturated heterocycles. The van der Waals surface area contributed by atoms with Crippen LogP contribution in [0.3, 0.4) is 0 Å². The van der Waals surface area contributed by atoms with Gasteiger partial charge in [0, 0.05) is 0 Å². The first-order valence-corrected chi connectivity index (χ1v) is 4.42. The van der Waals surface area contributed by atoms with E-state index in [-0.39, 0.29) is 0 Å². The van der Waals surface area contributed by atoms with Gasteiger partial charge in [0.05, 0.1) is 11.2 Å². The Balaban J connectivity index is 2.24. The van der Waals surface area contributed by atoms with Gasteiger partial charge >= 0.3 is 0 Å². The number of halogens is 1. The van der Waals surface area contributed by atoms with Crippen molar-refractivity contribution in [2.75, 3.05) is 0 Å². The minimum Gasteiger partial charge on any atom is -0.243 e. The van der Waals surface area contributed by atoms with E-state index in [9.17, 15) is 0 Å². The molecular weight excluding hydrogens is 212 g/mol. The molecule has 0 aliphatic rings. The van der Waals surface area contributed by atoms with Gasteiger partial charge in [-0.2, -0.15) is 5.21 Å². The average molecular weight is 215 g/mol. The van der Waals surface area contributed by atoms with Gasteiger partial charge < -0.3 is 0 Å². The van der Waals surface area contributed by atoms with Crippen molar-refractivity contribution in [2.45, 2.75) is 10.2 Å². The van der Waals surface area contributed by atoms with Crippen molar-refractivity contribution in [3.05, 3.63) is 17.5 Å². The lowest BCUT2D eigenvalue weighted by atomic mass is 10.7. The molecule has 0 fully saturated rings. The molecule has 2 aromatic rings. The highest BCUT2D eigenvalue weighted by Crippen LogP contribution is 2.27. The van der Waals surface area contributed by atoms with Crippen LogP contribution in [0.2, 0.25) is 5.02 Å². The number of hydrogen-bond acceptors (Lipinski definition) is 6. The number of nitrogens with one attached hydrogen (secondary N) is 1. The largest absolute Gasteiger partial charge is 0.243 e. The summed E-state index contributed by atoms with van der Waals surface area (Å²) >= 11 is 7.03. The zero-order valence-electron chi connectivity index (χ0n) is 6.18. The fraction of sp³-hybridized carbons (Fsp3) is 0. The topological polar surface area (TPSA) is 80.2 Å². The van der Waals surface area contributed by atoms with Crippen molar-refractivity contribution in [1.82, 2.24) is 30.6 Å². The molecule has 2 rings (SSSR count). The van der Waals surface area contributed by atoms with E-state index in [1.54, 1.807) is 0 Å². The highest BCUT2D eigenvalue weighted by molar-refractivity contribution is 7.99. The van der Waals surface area contributed by atoms with Gasteiger partial charge in [-0.25, -0.2) is 9.97 Å². The Morgan fingerprint density at radius 2 is 2.38 bits per heavy atom. The number of H-pyrrole nitrogens is 1. The van der Waals surface area contributed by atoms with Gasteiger partial charge in [-0.3, -0.25) is 0 Å². The Morgan fingerprint density at radius 3 is 3.08 bits per heavy atom. The van der Waals surface area contributed by atoms with Gasteiger partial charge in [0.25, 0.3) is 0 Å². The van der Waals surface area contributed by atoms with Crippen molar-refractivity contribution in [2.24, 2.45) is 0 Å². The predicted molar refractivity (Wildman–Crippen MR) is 45.3 cm³/mol. The lowest BCUT2D eigenvalue weighted by Crippen LogP contribution is -1.84. The van der Waals surface area contributed by atoms with E-state index in [0.717, 1.165) is 0 Å². The summed E-state index contributed by atoms with van der Waals surface area (Å²) in [4.78, 5) is 7.70. The number of tetrazole rings is 1. The number of nitrogens with zero attached hydrogens (tertiary/aromatic N) is 5. The molecule has 0 radical (unpaired) electrons. The Bertz CT molecular complexity index is 390. The van der Waals surface area contributed by atoms with Crippen LogP contribution in [0.4, 0.5) is 0 Å². The van der Waals surface area contributed by atoms with Crippen LogP contribution in [0.25, 0.3) is 0 Å². The molecule has 2 heterocycles. The fourth-order valence-corrected chi connectivity index (χ4v) is 1.47. The quantitative estimate of drug-likeness (QED) is 0.745. The first-order valence-electron chi connectivity index (χ1n) is 3.23. The van der Waals surface area contributed by atoms with E-state index in [1.807, 2.05) is 0 Å². The van der Waals surface area contributed by atoms with Crippen LogP contribution >= 0.6 is 23.4 Å². The average Bonchev–Trinajstić information content (AvgIpc) is 2.61. The molecule has 0 aliphatic heterocycles. The van der Waals surface area contributed by atoms with Gasteiger partial charge in [0.15, 0.2) is 0 Å². The van der Waals surface area contributed by atoms with Crippen molar-refractivity contribution in [3.63, 3.8) is 0 Å². The third-order valence-corrected chi connectivity index (χ3v) is 2.41. The van der Waals surface area contributed by atoms with Crippen LogP contribution in [-0.4, -0.2) is 30.6 Å². The van der Waals surface area contributed by atoms with Gasteiger partial charge in [0.2, 0.25) is 5.16 Å². The summed E-state index contributed by atoms with van der Waals surface area (Å²) in [5, 5.41) is 14.8. The molecule has 2 aromatic heterocycles. The van der Waals surface area contributed by atoms with Crippen LogP contribution in [-0.2, 0) is 0 Å². The minimum atomic E-state index is 0.470. The summed E-state index contributed by atoms with van der Waals surface area (Å²) < 4.78 is 0. The first kappa shape index (κ1) is 8.39. The van der Waals surface area contributed by atoms with Gasteiger partial charge in [-0.1, -0.05) is 11.6 Å². The Morgan fingerprint density at radius 1 is 1.46 bits per heavy atom. The summed E-state index contributed by atoms with van der Waals surface area (Å²) in [5.74, 6) is 0. The standard InChI is InChI=1S/C5H3ClN6S/c6-3-1-7-2-8-4(3)13-5-9-11-12-10-5/h1-2H,(H,9,10,11,12). The number of aromatic amines is 1. The normalized spacial score (nSPS) is 10.2. The van der Waals surface area contributed by atoms with E-state index in [1.165, 1.54) is 24.3 Å². The highest BCUT2D eigenvalue weighted by Gasteiger charge is 2.06. The molecule has 66 valence electrons. The number of hydrogen-bond donors (Lipinski definition) is 1. The molecule has 8 heteroatoms. The second-order valence-electron chi connectivity index (χ2n) is 1.97. The third kappa shape index (κ3) is 1.93. The van der Waals surface area contributed by atoms with Crippen molar-refractivity contribution >= 4 is 23.4 Å². The van der Waals surface area contributed by atoms with E-state index < -0.39 is 0 Å². The summed E-state index contributed by atoms with van der Waals surface area (Å²) in [5.41, 5.74) is 0. The molecular formula is C5H3ClN6S. The zero-order valence-corrected chi connectivity index (χ0v) is 7.75. The van der Waals surface area contributed by atoms with Crippen molar-refractivity contribution in [3.8, 4) is 0 Å². The molecule has 0 amide bonds. The van der Waals surface area contributed by atoms with Crippen molar-refractivity contribution in [1.29, 1.82) is 0 Å². The molecule has 6 nitrogen and oxygen atoms in total. The SMILES string of the molecule is Clc1cncnc1Sc1nn[nH]n1. The van der Waals surface area contributed by atoms with Crippen LogP contribution in [0.15, 0.2) is 22.7 Å². The highest BCUT2D eigenvalue weighted by atomic mass is 35.5. The van der Waals surface area contributed by atoms with Gasteiger partial charge in [-0.05, 0) is 17.0 Å². The maximum Gasteiger partial charge on any atom is 0.237 e. The van der Waals surface area contributed by atoms with E-state index in [4.69, 9.17) is 11.6 Å². The van der Waals surface area contributed by atoms with Crippen LogP contribution < -0.4 is 0 Å². The lowest BCUT2D eigenvalue weighted by Gasteiger charge is -1.95. The molecule has 0 aromatic carbocycles. The maximum atomic E-state index is 5.81. The summed E-state index contributed by atoms with van der Waals surface area (Å²) in [7, 11) is 0. The lowest BCUT2D eigenvalue weighted by molar-refractivity contribution is 0.881. The molecule has 0 bridgehead atoms. The molecule has 1 N–H and O–H groups in total. The van der Waals surface area contributed by atoms with Gasteiger partial charge in [-0.15, -0.1) is 10.2 Å². The minimum absolute atomic E-state index is 0.470.